The maximum absolute atomic E-state index is 11.1. The summed E-state index contributed by atoms with van der Waals surface area (Å²) in [5, 5.41) is 9.15. The second kappa shape index (κ2) is 7.01. The van der Waals surface area contributed by atoms with Gasteiger partial charge in [-0.3, -0.25) is 0 Å². The van der Waals surface area contributed by atoms with E-state index in [9.17, 15) is 4.79 Å². The van der Waals surface area contributed by atoms with Crippen molar-refractivity contribution < 1.29 is 14.6 Å². The fourth-order valence-electron chi connectivity index (χ4n) is 5.22. The standard InChI is InChI=1S/C27H32O3/c1-25(2)13-14-26(3,4)21-17-19(10-11-20(21)25)27(15-16-27)24-18(9-12-23(28)29)7-6-8-22(24)30-5/h6-12,17H,13-16H2,1-5H3,(H,28,29). The molecule has 0 radical (unpaired) electrons. The van der Waals surface area contributed by atoms with Crippen molar-refractivity contribution in [1.82, 2.24) is 0 Å². The smallest absolute Gasteiger partial charge is 0.328 e. The van der Waals surface area contributed by atoms with Crippen molar-refractivity contribution in [3.05, 3.63) is 70.3 Å². The van der Waals surface area contributed by atoms with Crippen LogP contribution in [0.2, 0.25) is 0 Å². The molecule has 1 saturated carbocycles. The number of fused-ring (bicyclic) bond motifs is 1. The van der Waals surface area contributed by atoms with Gasteiger partial charge >= 0.3 is 5.97 Å². The third-order valence-electron chi connectivity index (χ3n) is 7.32. The molecule has 0 atom stereocenters. The summed E-state index contributed by atoms with van der Waals surface area (Å²) in [7, 11) is 1.69. The van der Waals surface area contributed by atoms with E-state index >= 15 is 0 Å². The largest absolute Gasteiger partial charge is 0.496 e. The minimum atomic E-state index is -0.939. The van der Waals surface area contributed by atoms with Crippen molar-refractivity contribution in [3.63, 3.8) is 0 Å². The zero-order valence-corrected chi connectivity index (χ0v) is 18.7. The zero-order valence-electron chi connectivity index (χ0n) is 18.7. The van der Waals surface area contributed by atoms with Gasteiger partial charge in [-0.2, -0.15) is 0 Å². The molecule has 0 bridgehead atoms. The van der Waals surface area contributed by atoms with E-state index in [4.69, 9.17) is 9.84 Å². The highest BCUT2D eigenvalue weighted by molar-refractivity contribution is 5.86. The molecule has 2 aromatic rings. The summed E-state index contributed by atoms with van der Waals surface area (Å²) in [6.07, 6.45) is 7.39. The van der Waals surface area contributed by atoms with E-state index in [0.717, 1.165) is 29.7 Å². The van der Waals surface area contributed by atoms with Gasteiger partial charge in [-0.05, 0) is 70.9 Å². The van der Waals surface area contributed by atoms with E-state index in [-0.39, 0.29) is 16.2 Å². The molecule has 2 aromatic carbocycles. The summed E-state index contributed by atoms with van der Waals surface area (Å²) in [4.78, 5) is 11.1. The van der Waals surface area contributed by atoms with Crippen LogP contribution in [0.4, 0.5) is 0 Å². The van der Waals surface area contributed by atoms with Crippen molar-refractivity contribution in [1.29, 1.82) is 0 Å². The van der Waals surface area contributed by atoms with E-state index in [1.54, 1.807) is 13.2 Å². The van der Waals surface area contributed by atoms with Crippen LogP contribution in [0.3, 0.4) is 0 Å². The van der Waals surface area contributed by atoms with Gasteiger partial charge in [-0.1, -0.05) is 58.0 Å². The fraction of sp³-hybridized carbons (Fsp3) is 0.444. The fourth-order valence-corrected chi connectivity index (χ4v) is 5.22. The van der Waals surface area contributed by atoms with Crippen molar-refractivity contribution >= 4 is 12.0 Å². The monoisotopic (exact) mass is 404 g/mol. The molecule has 2 aliphatic carbocycles. The number of carboxylic acid groups (broad SMARTS) is 1. The Morgan fingerprint density at radius 1 is 0.967 bits per heavy atom. The molecule has 4 rings (SSSR count). The predicted octanol–water partition coefficient (Wildman–Crippen LogP) is 6.22. The van der Waals surface area contributed by atoms with Gasteiger partial charge in [-0.15, -0.1) is 0 Å². The highest BCUT2D eigenvalue weighted by Gasteiger charge is 2.49. The van der Waals surface area contributed by atoms with Crippen LogP contribution < -0.4 is 4.74 Å². The Kier molecular flexibility index (Phi) is 4.84. The molecule has 1 N–H and O–H groups in total. The van der Waals surface area contributed by atoms with Crippen molar-refractivity contribution in [2.75, 3.05) is 7.11 Å². The number of aliphatic carboxylic acids is 1. The molecule has 30 heavy (non-hydrogen) atoms. The second-order valence-electron chi connectivity index (χ2n) is 10.2. The molecule has 1 fully saturated rings. The Morgan fingerprint density at radius 2 is 1.63 bits per heavy atom. The Hall–Kier alpha value is -2.55. The van der Waals surface area contributed by atoms with Crippen LogP contribution >= 0.6 is 0 Å². The van der Waals surface area contributed by atoms with Gasteiger partial charge in [0.15, 0.2) is 0 Å². The Morgan fingerprint density at radius 3 is 2.23 bits per heavy atom. The minimum Gasteiger partial charge on any atom is -0.496 e. The van der Waals surface area contributed by atoms with Crippen LogP contribution in [0.25, 0.3) is 6.08 Å². The Balaban J connectivity index is 1.88. The van der Waals surface area contributed by atoms with Crippen LogP contribution in [0, 0.1) is 0 Å². The summed E-state index contributed by atoms with van der Waals surface area (Å²) in [6, 6.07) is 13.0. The molecule has 3 nitrogen and oxygen atoms in total. The zero-order chi connectivity index (χ0) is 21.7. The summed E-state index contributed by atoms with van der Waals surface area (Å²) in [6.45, 7) is 9.41. The molecule has 0 aromatic heterocycles. The average molecular weight is 405 g/mol. The van der Waals surface area contributed by atoms with E-state index in [0.29, 0.717) is 0 Å². The molecule has 0 saturated heterocycles. The molecule has 3 heteroatoms. The topological polar surface area (TPSA) is 46.5 Å². The van der Waals surface area contributed by atoms with Gasteiger partial charge in [0.05, 0.1) is 7.11 Å². The summed E-state index contributed by atoms with van der Waals surface area (Å²) in [5.74, 6) is -0.108. The molecule has 158 valence electrons. The summed E-state index contributed by atoms with van der Waals surface area (Å²) in [5.41, 5.74) is 6.51. The van der Waals surface area contributed by atoms with E-state index in [1.807, 2.05) is 18.2 Å². The number of rotatable bonds is 5. The van der Waals surface area contributed by atoms with E-state index in [1.165, 1.54) is 35.6 Å². The second-order valence-corrected chi connectivity index (χ2v) is 10.2. The van der Waals surface area contributed by atoms with Crippen LogP contribution in [-0.2, 0) is 21.0 Å². The number of hydrogen-bond acceptors (Lipinski definition) is 2. The Bertz CT molecular complexity index is 1020. The average Bonchev–Trinajstić information content (AvgIpc) is 3.51. The molecule has 0 spiro atoms. The lowest BCUT2D eigenvalue weighted by molar-refractivity contribution is -0.131. The number of benzene rings is 2. The highest BCUT2D eigenvalue weighted by Crippen LogP contribution is 2.58. The Labute approximate surface area is 179 Å². The first-order valence-corrected chi connectivity index (χ1v) is 10.8. The predicted molar refractivity (Wildman–Crippen MR) is 121 cm³/mol. The van der Waals surface area contributed by atoms with Gasteiger partial charge in [-0.25, -0.2) is 4.79 Å². The number of carboxylic acids is 1. The van der Waals surface area contributed by atoms with Crippen molar-refractivity contribution in [2.24, 2.45) is 0 Å². The molecule has 0 amide bonds. The first kappa shape index (κ1) is 20.7. The van der Waals surface area contributed by atoms with Gasteiger partial charge in [0.25, 0.3) is 0 Å². The molecule has 2 aliphatic rings. The van der Waals surface area contributed by atoms with E-state index in [2.05, 4.69) is 45.9 Å². The lowest BCUT2D eigenvalue weighted by Gasteiger charge is -2.42. The first-order chi connectivity index (χ1) is 14.1. The number of ether oxygens (including phenoxy) is 1. The summed E-state index contributed by atoms with van der Waals surface area (Å²) >= 11 is 0. The van der Waals surface area contributed by atoms with Crippen molar-refractivity contribution in [2.45, 2.75) is 69.6 Å². The van der Waals surface area contributed by atoms with E-state index < -0.39 is 5.97 Å². The molecule has 0 heterocycles. The third kappa shape index (κ3) is 3.34. The van der Waals surface area contributed by atoms with Gasteiger partial charge in [0, 0.05) is 17.1 Å². The van der Waals surface area contributed by atoms with Crippen LogP contribution in [0.5, 0.6) is 5.75 Å². The molecule has 0 unspecified atom stereocenters. The summed E-state index contributed by atoms with van der Waals surface area (Å²) < 4.78 is 5.75. The lowest BCUT2D eigenvalue weighted by atomic mass is 9.62. The van der Waals surface area contributed by atoms with Crippen LogP contribution in [0.1, 0.15) is 81.2 Å². The first-order valence-electron chi connectivity index (χ1n) is 10.8. The van der Waals surface area contributed by atoms with Gasteiger partial charge < -0.3 is 9.84 Å². The van der Waals surface area contributed by atoms with Crippen LogP contribution in [-0.4, -0.2) is 18.2 Å². The number of hydrogen-bond donors (Lipinski definition) is 1. The van der Waals surface area contributed by atoms with Gasteiger partial charge in [0.1, 0.15) is 5.75 Å². The molecular formula is C27H32O3. The SMILES string of the molecule is COc1cccc(C=CC(=O)O)c1C1(c2ccc3c(c2)C(C)(C)CCC3(C)C)CC1. The highest BCUT2D eigenvalue weighted by atomic mass is 16.5. The molecule has 0 aliphatic heterocycles. The number of methoxy groups -OCH3 is 1. The maximum Gasteiger partial charge on any atom is 0.328 e. The number of carbonyl (C=O) groups is 1. The maximum atomic E-state index is 11.1. The third-order valence-corrected chi connectivity index (χ3v) is 7.32. The van der Waals surface area contributed by atoms with Gasteiger partial charge in [0.2, 0.25) is 0 Å². The van der Waals surface area contributed by atoms with Crippen LogP contribution in [0.15, 0.2) is 42.5 Å². The quantitative estimate of drug-likeness (QED) is 0.602. The van der Waals surface area contributed by atoms with Crippen molar-refractivity contribution in [3.8, 4) is 5.75 Å². The molecular weight excluding hydrogens is 372 g/mol. The normalized spacial score (nSPS) is 20.6. The minimum absolute atomic E-state index is 0.114. The lowest BCUT2D eigenvalue weighted by Crippen LogP contribution is -2.34.